The Balaban J connectivity index is 1.35. The fraction of sp³-hybridized carbons (Fsp3) is 0.733. The van der Waals surface area contributed by atoms with E-state index in [2.05, 4.69) is 24.4 Å². The molecule has 2 bridgehead atoms. The molecule has 4 unspecified atom stereocenters. The standard InChI is InChI=1S/C15H21NO/c1-2-11-5-6-12(17-11)8-16-15-13-9-3-4-10(7-9)14(13)15/h5-6,9-10,13-16H,2-4,7-8H2,1H3. The third-order valence-electron chi connectivity index (χ3n) is 5.31. The molecule has 4 atom stereocenters. The molecule has 3 fully saturated rings. The predicted molar refractivity (Wildman–Crippen MR) is 66.5 cm³/mol. The van der Waals surface area contributed by atoms with Gasteiger partial charge in [-0.25, -0.2) is 0 Å². The Kier molecular flexibility index (Phi) is 2.17. The van der Waals surface area contributed by atoms with Gasteiger partial charge >= 0.3 is 0 Å². The topological polar surface area (TPSA) is 25.2 Å². The predicted octanol–water partition coefficient (Wildman–Crippen LogP) is 2.98. The van der Waals surface area contributed by atoms with Gasteiger partial charge in [0.2, 0.25) is 0 Å². The molecule has 1 aromatic rings. The number of hydrogen-bond acceptors (Lipinski definition) is 2. The molecule has 1 aromatic heterocycles. The van der Waals surface area contributed by atoms with Crippen LogP contribution in [-0.4, -0.2) is 6.04 Å². The molecule has 2 nitrogen and oxygen atoms in total. The maximum absolute atomic E-state index is 5.74. The zero-order valence-electron chi connectivity index (χ0n) is 10.5. The second-order valence-corrected chi connectivity index (χ2v) is 6.12. The van der Waals surface area contributed by atoms with Crippen molar-refractivity contribution in [2.24, 2.45) is 23.7 Å². The molecule has 3 aliphatic carbocycles. The van der Waals surface area contributed by atoms with Gasteiger partial charge in [-0.15, -0.1) is 0 Å². The van der Waals surface area contributed by atoms with Crippen LogP contribution in [0.3, 0.4) is 0 Å². The van der Waals surface area contributed by atoms with Gasteiger partial charge in [-0.05, 0) is 55.1 Å². The highest BCUT2D eigenvalue weighted by Gasteiger charge is 2.64. The molecule has 17 heavy (non-hydrogen) atoms. The van der Waals surface area contributed by atoms with Crippen LogP contribution in [-0.2, 0) is 13.0 Å². The third-order valence-corrected chi connectivity index (χ3v) is 5.31. The van der Waals surface area contributed by atoms with Crippen LogP contribution in [0, 0.1) is 23.7 Å². The summed E-state index contributed by atoms with van der Waals surface area (Å²) in [6, 6.07) is 5.05. The lowest BCUT2D eigenvalue weighted by Gasteiger charge is -2.09. The monoisotopic (exact) mass is 231 g/mol. The summed E-state index contributed by atoms with van der Waals surface area (Å²) in [5.74, 6) is 6.39. The molecule has 0 aliphatic heterocycles. The molecule has 92 valence electrons. The van der Waals surface area contributed by atoms with Crippen LogP contribution in [0.25, 0.3) is 0 Å². The van der Waals surface area contributed by atoms with Crippen molar-refractivity contribution in [3.8, 4) is 0 Å². The zero-order valence-corrected chi connectivity index (χ0v) is 10.5. The molecule has 3 aliphatic rings. The Labute approximate surface area is 103 Å². The Hall–Kier alpha value is -0.760. The van der Waals surface area contributed by atoms with E-state index in [0.717, 1.165) is 54.2 Å². The van der Waals surface area contributed by atoms with Crippen molar-refractivity contribution in [1.29, 1.82) is 0 Å². The quantitative estimate of drug-likeness (QED) is 0.861. The molecule has 1 N–H and O–H groups in total. The first-order valence-corrected chi connectivity index (χ1v) is 7.18. The van der Waals surface area contributed by atoms with Gasteiger partial charge in [0, 0.05) is 12.5 Å². The minimum Gasteiger partial charge on any atom is -0.465 e. The average Bonchev–Trinajstić information content (AvgIpc) is 2.81. The van der Waals surface area contributed by atoms with E-state index in [9.17, 15) is 0 Å². The minimum absolute atomic E-state index is 0.816. The van der Waals surface area contributed by atoms with Gasteiger partial charge < -0.3 is 9.73 Å². The maximum Gasteiger partial charge on any atom is 0.117 e. The minimum atomic E-state index is 0.816. The van der Waals surface area contributed by atoms with E-state index in [0.29, 0.717) is 0 Å². The van der Waals surface area contributed by atoms with Gasteiger partial charge in [-0.1, -0.05) is 6.92 Å². The van der Waals surface area contributed by atoms with Crippen LogP contribution in [0.1, 0.15) is 37.7 Å². The zero-order chi connectivity index (χ0) is 11.4. The highest BCUT2D eigenvalue weighted by molar-refractivity contribution is 5.17. The second-order valence-electron chi connectivity index (χ2n) is 6.12. The van der Waals surface area contributed by atoms with Crippen LogP contribution < -0.4 is 5.32 Å². The van der Waals surface area contributed by atoms with E-state index in [-0.39, 0.29) is 0 Å². The van der Waals surface area contributed by atoms with Crippen LogP contribution in [0.4, 0.5) is 0 Å². The smallest absolute Gasteiger partial charge is 0.117 e. The van der Waals surface area contributed by atoms with Crippen LogP contribution >= 0.6 is 0 Å². The van der Waals surface area contributed by atoms with Crippen molar-refractivity contribution in [3.05, 3.63) is 23.7 Å². The lowest BCUT2D eigenvalue weighted by molar-refractivity contribution is 0.418. The van der Waals surface area contributed by atoms with E-state index in [4.69, 9.17) is 4.42 Å². The molecule has 0 aromatic carbocycles. The summed E-state index contributed by atoms with van der Waals surface area (Å²) >= 11 is 0. The third kappa shape index (κ3) is 1.50. The Bertz CT molecular complexity index is 408. The van der Waals surface area contributed by atoms with Crippen molar-refractivity contribution < 1.29 is 4.42 Å². The van der Waals surface area contributed by atoms with Gasteiger partial charge in [0.15, 0.2) is 0 Å². The highest BCUT2D eigenvalue weighted by atomic mass is 16.3. The maximum atomic E-state index is 5.74. The molecule has 3 saturated carbocycles. The highest BCUT2D eigenvalue weighted by Crippen LogP contribution is 2.65. The second kappa shape index (κ2) is 3.61. The van der Waals surface area contributed by atoms with Gasteiger partial charge in [0.05, 0.1) is 6.54 Å². The molecule has 2 heteroatoms. The SMILES string of the molecule is CCc1ccc(CNC2C3C4CCC(C4)C23)o1. The molecule has 0 radical (unpaired) electrons. The van der Waals surface area contributed by atoms with Crippen LogP contribution in [0.5, 0.6) is 0 Å². The number of furan rings is 1. The van der Waals surface area contributed by atoms with Crippen molar-refractivity contribution in [2.45, 2.75) is 45.2 Å². The van der Waals surface area contributed by atoms with Crippen molar-refractivity contribution in [2.75, 3.05) is 0 Å². The number of hydrogen-bond donors (Lipinski definition) is 1. The molecule has 0 saturated heterocycles. The lowest BCUT2D eigenvalue weighted by Crippen LogP contribution is -2.22. The van der Waals surface area contributed by atoms with Gasteiger partial charge in [0.1, 0.15) is 11.5 Å². The Morgan fingerprint density at radius 3 is 2.53 bits per heavy atom. The number of rotatable bonds is 4. The van der Waals surface area contributed by atoms with E-state index in [1.807, 2.05) is 0 Å². The summed E-state index contributed by atoms with van der Waals surface area (Å²) in [6.45, 7) is 3.07. The van der Waals surface area contributed by atoms with Crippen LogP contribution in [0.2, 0.25) is 0 Å². The Morgan fingerprint density at radius 1 is 1.18 bits per heavy atom. The van der Waals surface area contributed by atoms with Crippen molar-refractivity contribution in [1.82, 2.24) is 5.32 Å². The molecular formula is C15H21NO. The van der Waals surface area contributed by atoms with Gasteiger partial charge in [-0.3, -0.25) is 0 Å². The number of aryl methyl sites for hydroxylation is 1. The number of fused-ring (bicyclic) bond motifs is 5. The molecular weight excluding hydrogens is 210 g/mol. The summed E-state index contributed by atoms with van der Waals surface area (Å²) < 4.78 is 5.74. The first-order valence-electron chi connectivity index (χ1n) is 7.18. The average molecular weight is 231 g/mol. The Morgan fingerprint density at radius 2 is 1.88 bits per heavy atom. The van der Waals surface area contributed by atoms with Crippen molar-refractivity contribution >= 4 is 0 Å². The van der Waals surface area contributed by atoms with Crippen LogP contribution in [0.15, 0.2) is 16.5 Å². The summed E-state index contributed by atoms with van der Waals surface area (Å²) in [4.78, 5) is 0. The fourth-order valence-electron chi connectivity index (χ4n) is 4.52. The lowest BCUT2D eigenvalue weighted by atomic mass is 10.0. The molecule has 0 amide bonds. The normalized spacial score (nSPS) is 41.8. The summed E-state index contributed by atoms with van der Waals surface area (Å²) in [6.07, 6.45) is 5.54. The molecule has 4 rings (SSSR count). The first kappa shape index (κ1) is 10.2. The molecule has 1 heterocycles. The summed E-state index contributed by atoms with van der Waals surface area (Å²) in [7, 11) is 0. The van der Waals surface area contributed by atoms with E-state index in [1.165, 1.54) is 19.3 Å². The van der Waals surface area contributed by atoms with Crippen molar-refractivity contribution in [3.63, 3.8) is 0 Å². The van der Waals surface area contributed by atoms with Gasteiger partial charge in [0.25, 0.3) is 0 Å². The van der Waals surface area contributed by atoms with E-state index >= 15 is 0 Å². The first-order chi connectivity index (χ1) is 8.36. The fourth-order valence-corrected chi connectivity index (χ4v) is 4.52. The number of nitrogens with one attached hydrogen (secondary N) is 1. The van der Waals surface area contributed by atoms with E-state index in [1.54, 1.807) is 0 Å². The summed E-state index contributed by atoms with van der Waals surface area (Å²) in [5, 5.41) is 3.72. The molecule has 0 spiro atoms. The van der Waals surface area contributed by atoms with Gasteiger partial charge in [-0.2, -0.15) is 0 Å². The van der Waals surface area contributed by atoms with E-state index < -0.39 is 0 Å². The largest absolute Gasteiger partial charge is 0.465 e. The summed E-state index contributed by atoms with van der Waals surface area (Å²) in [5.41, 5.74) is 0.